The molecule has 5 heterocycles. The highest BCUT2D eigenvalue weighted by Crippen LogP contribution is 2.33. The van der Waals surface area contributed by atoms with Gasteiger partial charge in [-0.2, -0.15) is 14.5 Å². The quantitative estimate of drug-likeness (QED) is 0.121. The van der Waals surface area contributed by atoms with Gasteiger partial charge in [0.05, 0.1) is 40.3 Å². The molecule has 5 aromatic heterocycles. The van der Waals surface area contributed by atoms with E-state index in [0.717, 1.165) is 33.7 Å². The summed E-state index contributed by atoms with van der Waals surface area (Å²) in [6.07, 6.45) is 15.1. The molecule has 1 aliphatic carbocycles. The number of nitrogens with one attached hydrogen (secondary N) is 4. The van der Waals surface area contributed by atoms with E-state index in [0.29, 0.717) is 51.7 Å². The zero-order chi connectivity index (χ0) is 31.8. The number of hydrogen-bond acceptors (Lipinski definition) is 7. The van der Waals surface area contributed by atoms with E-state index in [9.17, 15) is 4.39 Å². The number of imidazole rings is 1. The van der Waals surface area contributed by atoms with Crippen LogP contribution >= 0.6 is 9.39 Å². The van der Waals surface area contributed by atoms with Crippen molar-refractivity contribution in [1.82, 2.24) is 39.8 Å². The van der Waals surface area contributed by atoms with Gasteiger partial charge >= 0.3 is 0 Å². The van der Waals surface area contributed by atoms with Crippen molar-refractivity contribution in [3.8, 4) is 33.9 Å². The number of pyridine rings is 3. The Hall–Kier alpha value is -4.87. The zero-order valence-corrected chi connectivity index (χ0v) is 26.6. The maximum atomic E-state index is 14.8. The fourth-order valence-electron chi connectivity index (χ4n) is 6.03. The Bertz CT molecular complexity index is 2190. The maximum Gasteiger partial charge on any atom is 0.161 e. The summed E-state index contributed by atoms with van der Waals surface area (Å²) >= 11 is 0. The standard InChI is InChI=1S/C35H36FN9S/c1-21(23-8-6-5-7-9-23)40-27-15-25(17-37-18-27)29-10-11-30-33(41-29)34(45-44-30)35-42-31-20-38-19-28(32(31)43-35)24-12-22(13-26(36)14-24)16-39-46(2,3)4/h10-15,17-20,23,39-40H,1-3,5-9,16H2,4H3,(H,42,43)(H,44,45). The van der Waals surface area contributed by atoms with Crippen molar-refractivity contribution in [3.63, 3.8) is 0 Å². The van der Waals surface area contributed by atoms with Gasteiger partial charge in [0.15, 0.2) is 11.5 Å². The van der Waals surface area contributed by atoms with Crippen LogP contribution in [0.3, 0.4) is 0 Å². The molecule has 1 aliphatic rings. The number of fused-ring (bicyclic) bond motifs is 2. The van der Waals surface area contributed by atoms with Crippen molar-refractivity contribution in [2.75, 3.05) is 11.6 Å². The molecule has 9 nitrogen and oxygen atoms in total. The average molecular weight is 634 g/mol. The number of halogens is 1. The van der Waals surface area contributed by atoms with Gasteiger partial charge < -0.3 is 10.3 Å². The SMILES string of the molecule is C=C(Nc1cncc(-c2ccc3[nH]nc(-c4nc5c(-c6cc(F)cc(CNS(=C)(=C)C)c6)cncc5[nH]4)c3n2)c1)C1CCCCC1. The number of nitrogens with zero attached hydrogens (tertiary/aromatic N) is 5. The van der Waals surface area contributed by atoms with Crippen LogP contribution in [0.5, 0.6) is 0 Å². The van der Waals surface area contributed by atoms with Gasteiger partial charge in [-0.05, 0) is 72.5 Å². The number of benzene rings is 1. The van der Waals surface area contributed by atoms with Crippen LogP contribution in [0.4, 0.5) is 10.1 Å². The van der Waals surface area contributed by atoms with Gasteiger partial charge in [-0.3, -0.25) is 19.8 Å². The first kappa shape index (κ1) is 29.8. The Kier molecular flexibility index (Phi) is 7.87. The van der Waals surface area contributed by atoms with Gasteiger partial charge in [0.25, 0.3) is 0 Å². The Morgan fingerprint density at radius 2 is 1.76 bits per heavy atom. The first-order chi connectivity index (χ1) is 22.2. The van der Waals surface area contributed by atoms with Crippen LogP contribution in [0.1, 0.15) is 37.7 Å². The lowest BCUT2D eigenvalue weighted by Gasteiger charge is -2.24. The molecule has 6 aromatic rings. The number of rotatable bonds is 9. The summed E-state index contributed by atoms with van der Waals surface area (Å²) in [4.78, 5) is 22.1. The van der Waals surface area contributed by atoms with E-state index >= 15 is 0 Å². The highest BCUT2D eigenvalue weighted by Gasteiger charge is 2.19. The normalized spacial score (nSPS) is 14.2. The van der Waals surface area contributed by atoms with Crippen LogP contribution in [-0.4, -0.2) is 53.1 Å². The van der Waals surface area contributed by atoms with Gasteiger partial charge in [-0.1, -0.05) is 37.6 Å². The minimum atomic E-state index is -1.45. The number of anilines is 1. The van der Waals surface area contributed by atoms with Crippen LogP contribution in [0, 0.1) is 11.7 Å². The summed E-state index contributed by atoms with van der Waals surface area (Å²) in [6, 6.07) is 10.9. The molecule has 0 spiro atoms. The van der Waals surface area contributed by atoms with E-state index in [1.165, 1.54) is 44.2 Å². The van der Waals surface area contributed by atoms with Crippen molar-refractivity contribution in [2.24, 2.45) is 5.92 Å². The second-order valence-corrected chi connectivity index (χ2v) is 15.1. The highest BCUT2D eigenvalue weighted by molar-refractivity contribution is 8.25. The zero-order valence-electron chi connectivity index (χ0n) is 25.7. The molecule has 11 heteroatoms. The topological polar surface area (TPSA) is 120 Å². The van der Waals surface area contributed by atoms with E-state index in [1.807, 2.05) is 36.7 Å². The lowest BCUT2D eigenvalue weighted by molar-refractivity contribution is 0.405. The van der Waals surface area contributed by atoms with Gasteiger partial charge in [0, 0.05) is 35.8 Å². The predicted octanol–water partition coefficient (Wildman–Crippen LogP) is 7.57. The van der Waals surface area contributed by atoms with Crippen molar-refractivity contribution < 1.29 is 4.39 Å². The lowest BCUT2D eigenvalue weighted by Crippen LogP contribution is -2.14. The van der Waals surface area contributed by atoms with Crippen molar-refractivity contribution in [1.29, 1.82) is 0 Å². The van der Waals surface area contributed by atoms with Crippen molar-refractivity contribution in [2.45, 2.75) is 38.6 Å². The monoisotopic (exact) mass is 633 g/mol. The summed E-state index contributed by atoms with van der Waals surface area (Å²) in [5.41, 5.74) is 9.13. The summed E-state index contributed by atoms with van der Waals surface area (Å²) < 4.78 is 18.0. The fourth-order valence-corrected chi connectivity index (χ4v) is 6.55. The molecule has 0 aliphatic heterocycles. The van der Waals surface area contributed by atoms with Gasteiger partial charge in [-0.25, -0.2) is 14.4 Å². The summed E-state index contributed by atoms with van der Waals surface area (Å²) in [5.74, 6) is 8.79. The molecule has 46 heavy (non-hydrogen) atoms. The van der Waals surface area contributed by atoms with E-state index < -0.39 is 9.39 Å². The van der Waals surface area contributed by atoms with Gasteiger partial charge in [0.2, 0.25) is 0 Å². The molecule has 4 N–H and O–H groups in total. The predicted molar refractivity (Wildman–Crippen MR) is 189 cm³/mol. The summed E-state index contributed by atoms with van der Waals surface area (Å²) in [6.45, 7) is 4.77. The van der Waals surface area contributed by atoms with E-state index in [4.69, 9.17) is 9.97 Å². The van der Waals surface area contributed by atoms with Gasteiger partial charge in [0.1, 0.15) is 11.3 Å². The third kappa shape index (κ3) is 6.29. The Balaban J connectivity index is 1.21. The average Bonchev–Trinajstić information content (AvgIpc) is 3.68. The molecule has 0 unspecified atom stereocenters. The largest absolute Gasteiger partial charge is 0.358 e. The van der Waals surface area contributed by atoms with Crippen LogP contribution in [0.15, 0.2) is 73.5 Å². The van der Waals surface area contributed by atoms with E-state index in [2.05, 4.69) is 53.5 Å². The molecule has 0 bridgehead atoms. The first-order valence-electron chi connectivity index (χ1n) is 15.3. The number of hydrogen-bond donors (Lipinski definition) is 4. The van der Waals surface area contributed by atoms with Crippen LogP contribution in [-0.2, 0) is 6.54 Å². The molecular weight excluding hydrogens is 598 g/mol. The van der Waals surface area contributed by atoms with Crippen molar-refractivity contribution >= 4 is 48.9 Å². The molecule has 0 atom stereocenters. The second-order valence-electron chi connectivity index (χ2n) is 12.2. The van der Waals surface area contributed by atoms with Crippen molar-refractivity contribution in [3.05, 3.63) is 84.8 Å². The Morgan fingerprint density at radius 1 is 0.935 bits per heavy atom. The minimum Gasteiger partial charge on any atom is -0.358 e. The van der Waals surface area contributed by atoms with Gasteiger partial charge in [-0.15, -0.1) is 0 Å². The van der Waals surface area contributed by atoms with E-state index in [1.54, 1.807) is 18.6 Å². The number of H-pyrrole nitrogens is 2. The van der Waals surface area contributed by atoms with Crippen LogP contribution in [0.25, 0.3) is 56.0 Å². The third-order valence-corrected chi connectivity index (χ3v) is 9.20. The first-order valence-corrected chi connectivity index (χ1v) is 17.7. The number of aromatic nitrogens is 7. The molecule has 234 valence electrons. The number of allylic oxidation sites excluding steroid dienone is 1. The highest BCUT2D eigenvalue weighted by atomic mass is 32.2. The molecular formula is C35H36FN9S. The molecule has 1 fully saturated rings. The maximum absolute atomic E-state index is 14.8. The van der Waals surface area contributed by atoms with Crippen LogP contribution in [0.2, 0.25) is 0 Å². The minimum absolute atomic E-state index is 0.339. The molecule has 1 saturated carbocycles. The molecule has 1 aromatic carbocycles. The Morgan fingerprint density at radius 3 is 2.59 bits per heavy atom. The van der Waals surface area contributed by atoms with Crippen LogP contribution < -0.4 is 10.0 Å². The summed E-state index contributed by atoms with van der Waals surface area (Å²) in [7, 11) is -1.45. The molecule has 7 rings (SSSR count). The number of aromatic amines is 2. The fraction of sp³-hybridized carbons (Fsp3) is 0.229. The molecule has 0 amide bonds. The third-order valence-electron chi connectivity index (χ3n) is 8.36. The Labute approximate surface area is 267 Å². The second kappa shape index (κ2) is 12.1. The lowest BCUT2D eigenvalue weighted by atomic mass is 9.87. The molecule has 0 radical (unpaired) electrons. The smallest absolute Gasteiger partial charge is 0.161 e. The molecule has 0 saturated heterocycles. The van der Waals surface area contributed by atoms with E-state index in [-0.39, 0.29) is 5.82 Å². The summed E-state index contributed by atoms with van der Waals surface area (Å²) in [5, 5.41) is 11.1.